The van der Waals surface area contributed by atoms with Crippen molar-refractivity contribution in [1.29, 1.82) is 0 Å². The largest absolute Gasteiger partial charge is 0.448 e. The molecule has 1 aliphatic rings. The number of furan rings is 1. The molecule has 1 aromatic heterocycles. The highest BCUT2D eigenvalue weighted by Gasteiger charge is 2.32. The van der Waals surface area contributed by atoms with Gasteiger partial charge < -0.3 is 14.6 Å². The Kier molecular flexibility index (Phi) is 4.93. The molecule has 1 atom stereocenters. The number of carbonyl (C=O) groups is 1. The average molecular weight is 329 g/mol. The predicted molar refractivity (Wildman–Crippen MR) is 82.3 cm³/mol. The molecule has 1 aliphatic heterocycles. The minimum Gasteiger partial charge on any atom is -0.448 e. The van der Waals surface area contributed by atoms with Gasteiger partial charge in [-0.2, -0.15) is 0 Å². The van der Waals surface area contributed by atoms with Crippen LogP contribution >= 0.6 is 0 Å². The summed E-state index contributed by atoms with van der Waals surface area (Å²) in [5.41, 5.74) is 0.323. The summed E-state index contributed by atoms with van der Waals surface area (Å²) in [4.78, 5) is 14.5. The Morgan fingerprint density at radius 1 is 1.50 bits per heavy atom. The molecule has 22 heavy (non-hydrogen) atoms. The Hall–Kier alpha value is -1.38. The van der Waals surface area contributed by atoms with E-state index >= 15 is 0 Å². The Balaban J connectivity index is 2.30. The van der Waals surface area contributed by atoms with E-state index in [0.29, 0.717) is 17.9 Å². The molecule has 1 unspecified atom stereocenters. The summed E-state index contributed by atoms with van der Waals surface area (Å²) in [5.74, 6) is 0.166. The van der Waals surface area contributed by atoms with Crippen molar-refractivity contribution in [2.45, 2.75) is 30.9 Å². The van der Waals surface area contributed by atoms with Gasteiger partial charge in [0.1, 0.15) is 5.76 Å². The van der Waals surface area contributed by atoms with Crippen molar-refractivity contribution in [3.05, 3.63) is 17.4 Å². The van der Waals surface area contributed by atoms with E-state index in [-0.39, 0.29) is 17.0 Å². The van der Waals surface area contributed by atoms with Gasteiger partial charge in [-0.1, -0.05) is 0 Å². The van der Waals surface area contributed by atoms with Crippen molar-refractivity contribution in [1.82, 2.24) is 14.5 Å². The summed E-state index contributed by atoms with van der Waals surface area (Å²) < 4.78 is 30.6. The number of aryl methyl sites for hydroxylation is 1. The molecule has 0 saturated carbocycles. The van der Waals surface area contributed by atoms with Gasteiger partial charge in [0.05, 0.1) is 5.56 Å². The number of nitrogens with zero attached hydrogens (tertiary/aromatic N) is 2. The third kappa shape index (κ3) is 3.04. The van der Waals surface area contributed by atoms with Crippen LogP contribution in [0.15, 0.2) is 15.6 Å². The second kappa shape index (κ2) is 6.39. The molecular formula is C14H23N3O4S. The van der Waals surface area contributed by atoms with E-state index in [1.807, 2.05) is 7.05 Å². The highest BCUT2D eigenvalue weighted by atomic mass is 32.2. The lowest BCUT2D eigenvalue weighted by Crippen LogP contribution is -2.40. The first-order chi connectivity index (χ1) is 10.3. The number of sulfonamides is 1. The van der Waals surface area contributed by atoms with Crippen LogP contribution in [0.25, 0.3) is 0 Å². The van der Waals surface area contributed by atoms with Crippen molar-refractivity contribution in [3.63, 3.8) is 0 Å². The molecule has 2 heterocycles. The highest BCUT2D eigenvalue weighted by molar-refractivity contribution is 7.88. The summed E-state index contributed by atoms with van der Waals surface area (Å²) in [6.45, 7) is 3.03. The fourth-order valence-corrected chi connectivity index (χ4v) is 3.54. The van der Waals surface area contributed by atoms with Crippen LogP contribution in [0.3, 0.4) is 0 Å². The molecule has 0 spiro atoms. The van der Waals surface area contributed by atoms with Crippen LogP contribution in [0.2, 0.25) is 0 Å². The molecule has 0 radical (unpaired) electrons. The van der Waals surface area contributed by atoms with E-state index in [0.717, 1.165) is 23.7 Å². The lowest BCUT2D eigenvalue weighted by molar-refractivity contribution is 0.0735. The van der Waals surface area contributed by atoms with Gasteiger partial charge in [-0.3, -0.25) is 4.79 Å². The SMILES string of the molecule is CNCC1CCCN1C(=O)c1cc(S(=O)(=O)N(C)C)oc1C. The second-order valence-electron chi connectivity index (χ2n) is 5.68. The molecule has 1 saturated heterocycles. The summed E-state index contributed by atoms with van der Waals surface area (Å²) in [7, 11) is 1.03. The molecule has 7 nitrogen and oxygen atoms in total. The monoisotopic (exact) mass is 329 g/mol. The van der Waals surface area contributed by atoms with Gasteiger partial charge >= 0.3 is 0 Å². The minimum absolute atomic E-state index is 0.140. The molecule has 1 amide bonds. The van der Waals surface area contributed by atoms with Crippen molar-refractivity contribution in [2.75, 3.05) is 34.2 Å². The summed E-state index contributed by atoms with van der Waals surface area (Å²) >= 11 is 0. The third-order valence-corrected chi connectivity index (χ3v) is 5.61. The Morgan fingerprint density at radius 2 is 2.18 bits per heavy atom. The Bertz CT molecular complexity index is 651. The predicted octanol–water partition coefficient (Wildman–Crippen LogP) is 0.662. The fraction of sp³-hybridized carbons (Fsp3) is 0.643. The van der Waals surface area contributed by atoms with Crippen LogP contribution in [0.5, 0.6) is 0 Å². The van der Waals surface area contributed by atoms with Gasteiger partial charge in [0.15, 0.2) is 0 Å². The molecule has 0 aliphatic carbocycles. The molecule has 0 bridgehead atoms. The molecule has 1 fully saturated rings. The first-order valence-electron chi connectivity index (χ1n) is 7.27. The maximum absolute atomic E-state index is 12.7. The number of likely N-dealkylation sites (tertiary alicyclic amines) is 1. The molecular weight excluding hydrogens is 306 g/mol. The number of amides is 1. The number of carbonyl (C=O) groups excluding carboxylic acids is 1. The topological polar surface area (TPSA) is 82.9 Å². The summed E-state index contributed by atoms with van der Waals surface area (Å²) in [6.07, 6.45) is 1.91. The molecule has 1 aromatic rings. The first-order valence-corrected chi connectivity index (χ1v) is 8.71. The van der Waals surface area contributed by atoms with Crippen molar-refractivity contribution in [3.8, 4) is 0 Å². The summed E-state index contributed by atoms with van der Waals surface area (Å²) in [5, 5.41) is 2.89. The number of hydrogen-bond donors (Lipinski definition) is 1. The highest BCUT2D eigenvalue weighted by Crippen LogP contribution is 2.25. The lowest BCUT2D eigenvalue weighted by atomic mass is 10.2. The quantitative estimate of drug-likeness (QED) is 0.858. The zero-order chi connectivity index (χ0) is 16.5. The average Bonchev–Trinajstić information content (AvgIpc) is 3.05. The number of rotatable bonds is 5. The smallest absolute Gasteiger partial charge is 0.275 e. The molecule has 8 heteroatoms. The van der Waals surface area contributed by atoms with Crippen LogP contribution in [-0.4, -0.2) is 63.8 Å². The Labute approximate surface area is 131 Å². The molecule has 2 rings (SSSR count). The van der Waals surface area contributed by atoms with Crippen LogP contribution in [0, 0.1) is 6.92 Å². The van der Waals surface area contributed by atoms with Gasteiger partial charge in [-0.25, -0.2) is 12.7 Å². The number of hydrogen-bond acceptors (Lipinski definition) is 5. The zero-order valence-electron chi connectivity index (χ0n) is 13.4. The standard InChI is InChI=1S/C14H23N3O4S/c1-10-12(8-13(21-10)22(19,20)16(3)4)14(18)17-7-5-6-11(17)9-15-2/h8,11,15H,5-7,9H2,1-4H3. The molecule has 124 valence electrons. The third-order valence-electron chi connectivity index (χ3n) is 3.94. The van der Waals surface area contributed by atoms with E-state index in [1.165, 1.54) is 20.2 Å². The van der Waals surface area contributed by atoms with E-state index < -0.39 is 10.0 Å². The molecule has 1 N–H and O–H groups in total. The molecule has 0 aromatic carbocycles. The van der Waals surface area contributed by atoms with Gasteiger partial charge in [-0.05, 0) is 26.8 Å². The van der Waals surface area contributed by atoms with Crippen molar-refractivity contribution >= 4 is 15.9 Å². The van der Waals surface area contributed by atoms with E-state index in [4.69, 9.17) is 4.42 Å². The minimum atomic E-state index is -3.68. The van der Waals surface area contributed by atoms with Crippen LogP contribution in [0.1, 0.15) is 29.0 Å². The second-order valence-corrected chi connectivity index (χ2v) is 7.76. The maximum atomic E-state index is 12.7. The normalized spacial score (nSPS) is 19.1. The fourth-order valence-electron chi connectivity index (χ4n) is 2.68. The van der Waals surface area contributed by atoms with E-state index in [9.17, 15) is 13.2 Å². The lowest BCUT2D eigenvalue weighted by Gasteiger charge is -2.24. The van der Waals surface area contributed by atoms with Gasteiger partial charge in [0.2, 0.25) is 5.09 Å². The van der Waals surface area contributed by atoms with Crippen molar-refractivity contribution in [2.24, 2.45) is 0 Å². The van der Waals surface area contributed by atoms with E-state index in [2.05, 4.69) is 5.32 Å². The maximum Gasteiger partial charge on any atom is 0.275 e. The van der Waals surface area contributed by atoms with E-state index in [1.54, 1.807) is 11.8 Å². The van der Waals surface area contributed by atoms with Gasteiger partial charge in [0, 0.05) is 39.3 Å². The van der Waals surface area contributed by atoms with Gasteiger partial charge in [-0.15, -0.1) is 0 Å². The first kappa shape index (κ1) is 17.0. The summed E-state index contributed by atoms with van der Waals surface area (Å²) in [6, 6.07) is 1.47. The number of likely N-dealkylation sites (N-methyl/N-ethyl adjacent to an activating group) is 1. The van der Waals surface area contributed by atoms with Crippen LogP contribution < -0.4 is 5.32 Å². The van der Waals surface area contributed by atoms with Crippen molar-refractivity contribution < 1.29 is 17.6 Å². The van der Waals surface area contributed by atoms with Crippen LogP contribution in [-0.2, 0) is 10.0 Å². The Morgan fingerprint density at radius 3 is 2.77 bits per heavy atom. The zero-order valence-corrected chi connectivity index (χ0v) is 14.2. The number of nitrogens with one attached hydrogen (secondary N) is 1. The van der Waals surface area contributed by atoms with Gasteiger partial charge in [0.25, 0.3) is 15.9 Å². The van der Waals surface area contributed by atoms with Crippen LogP contribution in [0.4, 0.5) is 0 Å².